The zero-order chi connectivity index (χ0) is 12.1. The van der Waals surface area contributed by atoms with Crippen LogP contribution in [0.25, 0.3) is 0 Å². The first-order valence-electron chi connectivity index (χ1n) is 4.97. The third-order valence-corrected chi connectivity index (χ3v) is 2.32. The number of hydrogen-bond donors (Lipinski definition) is 3. The molecule has 0 bridgehead atoms. The smallest absolute Gasteiger partial charge is 0.320 e. The maximum Gasteiger partial charge on any atom is 0.320 e. The van der Waals surface area contributed by atoms with Gasteiger partial charge in [-0.3, -0.25) is 4.79 Å². The predicted molar refractivity (Wildman–Crippen MR) is 67.8 cm³/mol. The Kier molecular flexibility index (Phi) is 4.76. The van der Waals surface area contributed by atoms with Crippen molar-refractivity contribution in [1.29, 1.82) is 0 Å². The molecule has 2 atom stereocenters. The van der Waals surface area contributed by atoms with Gasteiger partial charge in [0.15, 0.2) is 0 Å². The maximum absolute atomic E-state index is 10.6. The van der Waals surface area contributed by atoms with Crippen LogP contribution < -0.4 is 11.1 Å². The summed E-state index contributed by atoms with van der Waals surface area (Å²) in [6.07, 6.45) is 0.347. The topological polar surface area (TPSA) is 75.3 Å². The van der Waals surface area contributed by atoms with E-state index in [4.69, 9.17) is 10.8 Å². The van der Waals surface area contributed by atoms with E-state index in [1.807, 2.05) is 31.2 Å². The van der Waals surface area contributed by atoms with Gasteiger partial charge in [-0.05, 0) is 31.0 Å². The van der Waals surface area contributed by atoms with Gasteiger partial charge in [0.25, 0.3) is 0 Å². The van der Waals surface area contributed by atoms with E-state index in [2.05, 4.69) is 21.2 Å². The molecular weight excluding hydrogens is 272 g/mol. The van der Waals surface area contributed by atoms with Gasteiger partial charge < -0.3 is 16.2 Å². The van der Waals surface area contributed by atoms with Crippen molar-refractivity contribution >= 4 is 27.6 Å². The number of aliphatic carboxylic acids is 1. The fourth-order valence-corrected chi connectivity index (χ4v) is 1.57. The Bertz CT molecular complexity index is 352. The van der Waals surface area contributed by atoms with E-state index in [0.717, 1.165) is 11.3 Å². The average Bonchev–Trinajstić information content (AvgIpc) is 2.20. The van der Waals surface area contributed by atoms with Gasteiger partial charge in [-0.25, -0.2) is 0 Å². The fourth-order valence-electron chi connectivity index (χ4n) is 1.31. The molecule has 16 heavy (non-hydrogen) atoms. The number of benzene rings is 1. The van der Waals surface area contributed by atoms with Gasteiger partial charge in [-0.15, -0.1) is 0 Å². The number of rotatable bonds is 5. The van der Waals surface area contributed by atoms with Crippen molar-refractivity contribution in [3.63, 3.8) is 0 Å². The summed E-state index contributed by atoms with van der Waals surface area (Å²) in [5.41, 5.74) is 7.35. The minimum absolute atomic E-state index is 0.194. The van der Waals surface area contributed by atoms with Crippen LogP contribution in [0.2, 0.25) is 0 Å². The Balaban J connectivity index is 2.61. The van der Waals surface area contributed by atoms with Crippen LogP contribution >= 0.6 is 15.9 Å². The van der Waals surface area contributed by atoms with Crippen LogP contribution in [0.4, 0.5) is 5.69 Å². The molecular formula is C11H15BrN2O2. The van der Waals surface area contributed by atoms with Crippen molar-refractivity contribution in [2.75, 3.05) is 5.32 Å². The van der Waals surface area contributed by atoms with Crippen molar-refractivity contribution in [3.05, 3.63) is 29.8 Å². The lowest BCUT2D eigenvalue weighted by Crippen LogP contribution is -2.32. The van der Waals surface area contributed by atoms with E-state index in [0.29, 0.717) is 6.42 Å². The Morgan fingerprint density at radius 3 is 2.50 bits per heavy atom. The summed E-state index contributed by atoms with van der Waals surface area (Å²) in [4.78, 5) is 10.8. The highest BCUT2D eigenvalue weighted by Gasteiger charge is 2.11. The molecule has 0 aliphatic carbocycles. The fraction of sp³-hybridized carbons (Fsp3) is 0.364. The molecule has 0 radical (unpaired) electrons. The normalized spacial score (nSPS) is 14.2. The molecule has 5 heteroatoms. The molecule has 0 saturated carbocycles. The number of halogens is 1. The standard InChI is InChI=1S/C11H15BrN2O2/c1-7(12)14-9-4-2-8(3-5-9)6-10(13)11(15)16/h2-5,7,10,14H,6,13H2,1H3,(H,15,16). The first-order valence-corrected chi connectivity index (χ1v) is 5.88. The van der Waals surface area contributed by atoms with Gasteiger partial charge >= 0.3 is 5.97 Å². The molecule has 1 aromatic carbocycles. The minimum Gasteiger partial charge on any atom is -0.480 e. The molecule has 1 rings (SSSR count). The van der Waals surface area contributed by atoms with E-state index >= 15 is 0 Å². The summed E-state index contributed by atoms with van der Waals surface area (Å²) < 4.78 is 0. The first kappa shape index (κ1) is 13.0. The summed E-state index contributed by atoms with van der Waals surface area (Å²) in [5.74, 6) is -0.976. The largest absolute Gasteiger partial charge is 0.480 e. The van der Waals surface area contributed by atoms with Gasteiger partial charge in [0, 0.05) is 5.69 Å². The van der Waals surface area contributed by atoms with Crippen LogP contribution in [-0.4, -0.2) is 22.1 Å². The van der Waals surface area contributed by atoms with Gasteiger partial charge in [0.1, 0.15) is 6.04 Å². The molecule has 2 unspecified atom stereocenters. The molecule has 0 fully saturated rings. The number of nitrogens with one attached hydrogen (secondary N) is 1. The third-order valence-electron chi connectivity index (χ3n) is 2.09. The van der Waals surface area contributed by atoms with Crippen LogP contribution in [0.5, 0.6) is 0 Å². The molecule has 0 aromatic heterocycles. The molecule has 88 valence electrons. The zero-order valence-electron chi connectivity index (χ0n) is 8.98. The summed E-state index contributed by atoms with van der Waals surface area (Å²) in [6, 6.07) is 6.72. The predicted octanol–water partition coefficient (Wildman–Crippen LogP) is 1.79. The quantitative estimate of drug-likeness (QED) is 0.570. The first-order chi connectivity index (χ1) is 7.49. The molecule has 0 saturated heterocycles. The van der Waals surface area contributed by atoms with E-state index in [1.165, 1.54) is 0 Å². The maximum atomic E-state index is 10.6. The molecule has 0 heterocycles. The Labute approximate surface area is 103 Å². The van der Waals surface area contributed by atoms with Crippen LogP contribution in [-0.2, 0) is 11.2 Å². The van der Waals surface area contributed by atoms with Crippen molar-refractivity contribution in [2.45, 2.75) is 24.3 Å². The molecule has 0 spiro atoms. The Hall–Kier alpha value is -1.07. The van der Waals surface area contributed by atoms with Gasteiger partial charge in [0.2, 0.25) is 0 Å². The molecule has 0 aliphatic heterocycles. The second-order valence-corrected chi connectivity index (χ2v) is 4.98. The van der Waals surface area contributed by atoms with E-state index in [-0.39, 0.29) is 4.95 Å². The van der Waals surface area contributed by atoms with Crippen molar-refractivity contribution in [3.8, 4) is 0 Å². The summed E-state index contributed by atoms with van der Waals surface area (Å²) in [6.45, 7) is 1.98. The SMILES string of the molecule is CC(Br)Nc1ccc(CC(N)C(=O)O)cc1. The third kappa shape index (κ3) is 4.20. The number of carboxylic acids is 1. The molecule has 1 aromatic rings. The van der Waals surface area contributed by atoms with Gasteiger partial charge in [-0.1, -0.05) is 28.1 Å². The molecule has 0 aliphatic rings. The minimum atomic E-state index is -0.976. The summed E-state index contributed by atoms with van der Waals surface area (Å²) in [7, 11) is 0. The van der Waals surface area contributed by atoms with E-state index in [9.17, 15) is 4.79 Å². The lowest BCUT2D eigenvalue weighted by atomic mass is 10.1. The Morgan fingerprint density at radius 2 is 2.06 bits per heavy atom. The second-order valence-electron chi connectivity index (χ2n) is 3.61. The highest BCUT2D eigenvalue weighted by molar-refractivity contribution is 9.09. The molecule has 4 N–H and O–H groups in total. The van der Waals surface area contributed by atoms with Gasteiger partial charge in [0.05, 0.1) is 4.95 Å². The monoisotopic (exact) mass is 286 g/mol. The number of carbonyl (C=O) groups is 1. The highest BCUT2D eigenvalue weighted by Crippen LogP contribution is 2.13. The van der Waals surface area contributed by atoms with Crippen molar-refractivity contribution in [2.24, 2.45) is 5.73 Å². The number of anilines is 1. The van der Waals surface area contributed by atoms with E-state index in [1.54, 1.807) is 0 Å². The van der Waals surface area contributed by atoms with Crippen LogP contribution in [0.3, 0.4) is 0 Å². The lowest BCUT2D eigenvalue weighted by molar-refractivity contribution is -0.138. The van der Waals surface area contributed by atoms with Gasteiger partial charge in [-0.2, -0.15) is 0 Å². The van der Waals surface area contributed by atoms with Crippen molar-refractivity contribution < 1.29 is 9.90 Å². The summed E-state index contributed by atoms with van der Waals surface area (Å²) >= 11 is 3.38. The molecule has 0 amide bonds. The average molecular weight is 287 g/mol. The van der Waals surface area contributed by atoms with Crippen LogP contribution in [0.1, 0.15) is 12.5 Å². The molecule has 4 nitrogen and oxygen atoms in total. The van der Waals surface area contributed by atoms with Crippen molar-refractivity contribution in [1.82, 2.24) is 0 Å². The van der Waals surface area contributed by atoms with Crippen LogP contribution in [0, 0.1) is 0 Å². The number of carboxylic acid groups (broad SMARTS) is 1. The highest BCUT2D eigenvalue weighted by atomic mass is 79.9. The second kappa shape index (κ2) is 5.86. The number of hydrogen-bond acceptors (Lipinski definition) is 3. The van der Waals surface area contributed by atoms with Crippen LogP contribution in [0.15, 0.2) is 24.3 Å². The summed E-state index contributed by atoms with van der Waals surface area (Å²) in [5, 5.41) is 11.9. The number of alkyl halides is 1. The lowest BCUT2D eigenvalue weighted by Gasteiger charge is -2.10. The van der Waals surface area contributed by atoms with E-state index < -0.39 is 12.0 Å². The zero-order valence-corrected chi connectivity index (χ0v) is 10.6. The number of nitrogens with two attached hydrogens (primary N) is 1. The Morgan fingerprint density at radius 1 is 1.50 bits per heavy atom.